The molecule has 4 aliphatic rings. The van der Waals surface area contributed by atoms with Gasteiger partial charge < -0.3 is 14.8 Å². The highest BCUT2D eigenvalue weighted by Gasteiger charge is 2.46. The van der Waals surface area contributed by atoms with Crippen molar-refractivity contribution in [2.45, 2.75) is 76.7 Å². The van der Waals surface area contributed by atoms with E-state index in [1.165, 1.54) is 12.8 Å². The van der Waals surface area contributed by atoms with Crippen LogP contribution in [-0.2, 0) is 16.8 Å². The lowest BCUT2D eigenvalue weighted by atomic mass is 9.71. The predicted octanol–water partition coefficient (Wildman–Crippen LogP) is 2.82. The molecule has 2 amide bonds. The number of allylic oxidation sites excluding steroid dienone is 2. The number of hydrogen-bond acceptors (Lipinski definition) is 4. The summed E-state index contributed by atoms with van der Waals surface area (Å²) in [6.45, 7) is 5.22. The molecule has 3 heterocycles. The molecule has 0 aromatic carbocycles. The number of nitrogens with zero attached hydrogens (tertiary/aromatic N) is 4. The van der Waals surface area contributed by atoms with Crippen LogP contribution in [0.15, 0.2) is 12.2 Å². The van der Waals surface area contributed by atoms with Gasteiger partial charge in [-0.3, -0.25) is 9.59 Å². The molecule has 30 heavy (non-hydrogen) atoms. The number of amides is 2. The smallest absolute Gasteiger partial charge is 0.289 e. The molecule has 5 rings (SSSR count). The van der Waals surface area contributed by atoms with Crippen LogP contribution in [0, 0.1) is 11.3 Å². The zero-order chi connectivity index (χ0) is 20.8. The highest BCUT2D eigenvalue weighted by molar-refractivity contribution is 5.90. The quantitative estimate of drug-likeness (QED) is 0.773. The fraction of sp³-hybridized carbons (Fsp3) is 0.739. The Labute approximate surface area is 178 Å². The lowest BCUT2D eigenvalue weighted by molar-refractivity contribution is -0.143. The van der Waals surface area contributed by atoms with Crippen molar-refractivity contribution in [2.75, 3.05) is 19.6 Å². The van der Waals surface area contributed by atoms with Crippen LogP contribution in [0.4, 0.5) is 0 Å². The fourth-order valence-electron chi connectivity index (χ4n) is 5.55. The molecule has 1 unspecified atom stereocenters. The zero-order valence-electron chi connectivity index (χ0n) is 18.0. The van der Waals surface area contributed by atoms with Crippen molar-refractivity contribution in [1.29, 1.82) is 0 Å². The highest BCUT2D eigenvalue weighted by atomic mass is 16.2. The number of hydrogen-bond donors (Lipinski definition) is 1. The third-order valence-corrected chi connectivity index (χ3v) is 7.84. The summed E-state index contributed by atoms with van der Waals surface area (Å²) >= 11 is 0. The number of aromatic nitrogens is 3. The Balaban J connectivity index is 1.29. The van der Waals surface area contributed by atoms with Crippen LogP contribution in [0.25, 0.3) is 0 Å². The van der Waals surface area contributed by atoms with Crippen molar-refractivity contribution in [3.05, 3.63) is 23.8 Å². The van der Waals surface area contributed by atoms with Crippen LogP contribution in [0.2, 0.25) is 0 Å². The predicted molar refractivity (Wildman–Crippen MR) is 113 cm³/mol. The molecule has 2 aliphatic heterocycles. The molecule has 7 heteroatoms. The van der Waals surface area contributed by atoms with Gasteiger partial charge in [0.25, 0.3) is 5.91 Å². The van der Waals surface area contributed by atoms with Gasteiger partial charge in [-0.25, -0.2) is 0 Å². The molecular formula is C23H33N5O2. The fourth-order valence-corrected chi connectivity index (χ4v) is 5.55. The van der Waals surface area contributed by atoms with E-state index in [9.17, 15) is 9.59 Å². The Morgan fingerprint density at radius 2 is 1.90 bits per heavy atom. The van der Waals surface area contributed by atoms with E-state index in [2.05, 4.69) is 44.1 Å². The van der Waals surface area contributed by atoms with Crippen LogP contribution in [-0.4, -0.2) is 51.1 Å². The van der Waals surface area contributed by atoms with Gasteiger partial charge in [-0.05, 0) is 63.7 Å². The van der Waals surface area contributed by atoms with Gasteiger partial charge in [-0.1, -0.05) is 19.1 Å². The minimum absolute atomic E-state index is 0.0512. The Morgan fingerprint density at radius 3 is 2.60 bits per heavy atom. The Kier molecular flexibility index (Phi) is 4.94. The van der Waals surface area contributed by atoms with Crippen LogP contribution >= 0.6 is 0 Å². The summed E-state index contributed by atoms with van der Waals surface area (Å²) in [5, 5.41) is 11.8. The maximum absolute atomic E-state index is 13.2. The van der Waals surface area contributed by atoms with Gasteiger partial charge in [-0.15, -0.1) is 10.2 Å². The summed E-state index contributed by atoms with van der Waals surface area (Å²) < 4.78 is 2.05. The summed E-state index contributed by atoms with van der Waals surface area (Å²) in [5.74, 6) is 2.28. The van der Waals surface area contributed by atoms with E-state index in [-0.39, 0.29) is 16.7 Å². The van der Waals surface area contributed by atoms with Gasteiger partial charge in [0.2, 0.25) is 11.7 Å². The third-order valence-electron chi connectivity index (χ3n) is 7.84. The van der Waals surface area contributed by atoms with E-state index in [0.29, 0.717) is 17.6 Å². The SMILES string of the molecule is CC1(C(=O)N2CCC3(CCCn4c(C(=O)NCC5CC5)nnc43)CC2)CC=CCC1. The van der Waals surface area contributed by atoms with E-state index in [1.807, 2.05) is 0 Å². The van der Waals surface area contributed by atoms with Crippen molar-refractivity contribution < 1.29 is 9.59 Å². The van der Waals surface area contributed by atoms with Crippen molar-refractivity contribution >= 4 is 11.8 Å². The number of fused-ring (bicyclic) bond motifs is 2. The molecule has 1 aromatic rings. The van der Waals surface area contributed by atoms with Crippen LogP contribution < -0.4 is 5.32 Å². The summed E-state index contributed by atoms with van der Waals surface area (Å²) in [7, 11) is 0. The number of piperidine rings is 1. The largest absolute Gasteiger partial charge is 0.349 e. The first-order valence-electron chi connectivity index (χ1n) is 11.7. The Hall–Kier alpha value is -2.18. The maximum atomic E-state index is 13.2. The zero-order valence-corrected chi connectivity index (χ0v) is 18.0. The molecule has 0 bridgehead atoms. The van der Waals surface area contributed by atoms with Crippen molar-refractivity contribution in [3.8, 4) is 0 Å². The molecule has 162 valence electrons. The normalized spacial score (nSPS) is 27.7. The van der Waals surface area contributed by atoms with E-state index in [4.69, 9.17) is 0 Å². The molecule has 1 saturated heterocycles. The second-order valence-corrected chi connectivity index (χ2v) is 10.1. The van der Waals surface area contributed by atoms with Crippen molar-refractivity contribution in [2.24, 2.45) is 11.3 Å². The average Bonchev–Trinajstić information content (AvgIpc) is 3.49. The third kappa shape index (κ3) is 3.46. The average molecular weight is 412 g/mol. The van der Waals surface area contributed by atoms with Gasteiger partial charge in [0, 0.05) is 31.6 Å². The molecular weight excluding hydrogens is 378 g/mol. The van der Waals surface area contributed by atoms with Crippen LogP contribution in [0.3, 0.4) is 0 Å². The van der Waals surface area contributed by atoms with Gasteiger partial charge in [0.1, 0.15) is 5.82 Å². The molecule has 2 aliphatic carbocycles. The maximum Gasteiger partial charge on any atom is 0.289 e. The van der Waals surface area contributed by atoms with Gasteiger partial charge >= 0.3 is 0 Å². The van der Waals surface area contributed by atoms with Gasteiger partial charge in [0.05, 0.1) is 5.41 Å². The first kappa shape index (κ1) is 19.8. The molecule has 2 fully saturated rings. The van der Waals surface area contributed by atoms with E-state index in [0.717, 1.165) is 76.9 Å². The topological polar surface area (TPSA) is 80.1 Å². The summed E-state index contributed by atoms with van der Waals surface area (Å²) in [6, 6.07) is 0. The second-order valence-electron chi connectivity index (χ2n) is 10.1. The Morgan fingerprint density at radius 1 is 1.10 bits per heavy atom. The molecule has 1 spiro atoms. The van der Waals surface area contributed by atoms with Gasteiger partial charge in [-0.2, -0.15) is 0 Å². The summed E-state index contributed by atoms with van der Waals surface area (Å²) in [5.41, 5.74) is -0.302. The molecule has 1 N–H and O–H groups in total. The first-order chi connectivity index (χ1) is 14.5. The van der Waals surface area contributed by atoms with Crippen LogP contribution in [0.1, 0.15) is 81.2 Å². The number of likely N-dealkylation sites (tertiary alicyclic amines) is 1. The minimum Gasteiger partial charge on any atom is -0.349 e. The molecule has 7 nitrogen and oxygen atoms in total. The number of rotatable bonds is 4. The minimum atomic E-state index is -0.251. The summed E-state index contributed by atoms with van der Waals surface area (Å²) in [4.78, 5) is 27.9. The van der Waals surface area contributed by atoms with Crippen molar-refractivity contribution in [3.63, 3.8) is 0 Å². The highest BCUT2D eigenvalue weighted by Crippen LogP contribution is 2.43. The van der Waals surface area contributed by atoms with Crippen molar-refractivity contribution in [1.82, 2.24) is 25.0 Å². The second kappa shape index (κ2) is 7.50. The first-order valence-corrected chi connectivity index (χ1v) is 11.7. The van der Waals surface area contributed by atoms with E-state index >= 15 is 0 Å². The lowest BCUT2D eigenvalue weighted by Gasteiger charge is -2.45. The van der Waals surface area contributed by atoms with Gasteiger partial charge in [0.15, 0.2) is 0 Å². The monoisotopic (exact) mass is 411 g/mol. The Bertz CT molecular complexity index is 863. The summed E-state index contributed by atoms with van der Waals surface area (Å²) in [6.07, 6.45) is 13.5. The van der Waals surface area contributed by atoms with Crippen LogP contribution in [0.5, 0.6) is 0 Å². The lowest BCUT2D eigenvalue weighted by Crippen LogP contribution is -2.51. The molecule has 1 saturated carbocycles. The molecule has 1 aromatic heterocycles. The molecule has 0 radical (unpaired) electrons. The standard InChI is InChI=1S/C23H33N5O2/c1-22(8-3-2-4-9-22)21(30)27-14-11-23(12-15-27)10-5-13-28-18(25-26-20(23)28)19(29)24-16-17-6-7-17/h2-3,17H,4-16H2,1H3,(H,24,29). The van der Waals surface area contributed by atoms with E-state index < -0.39 is 0 Å². The number of carbonyl (C=O) groups is 2. The molecule has 1 atom stereocenters. The van der Waals surface area contributed by atoms with E-state index in [1.54, 1.807) is 0 Å². The number of carbonyl (C=O) groups excluding carboxylic acids is 2. The number of nitrogens with one attached hydrogen (secondary N) is 1.